The van der Waals surface area contributed by atoms with Crippen molar-refractivity contribution in [3.63, 3.8) is 0 Å². The molecule has 0 aliphatic rings. The van der Waals surface area contributed by atoms with Crippen molar-refractivity contribution < 1.29 is 5.11 Å². The molecule has 3 rings (SSSR count). The number of rotatable bonds is 5. The van der Waals surface area contributed by atoms with E-state index in [9.17, 15) is 5.11 Å². The lowest BCUT2D eigenvalue weighted by Crippen LogP contribution is -2.23. The van der Waals surface area contributed by atoms with E-state index in [1.54, 1.807) is 12.4 Å². The minimum Gasteiger partial charge on any atom is -0.505 e. The summed E-state index contributed by atoms with van der Waals surface area (Å²) < 4.78 is 0. The molecular formula is C20H21N3O. The third kappa shape index (κ3) is 3.71. The molecule has 122 valence electrons. The van der Waals surface area contributed by atoms with E-state index in [-0.39, 0.29) is 0 Å². The molecule has 4 nitrogen and oxygen atoms in total. The number of phenolic OH excluding ortho intramolecular Hbond substituents is 1. The number of hydrogen-bond acceptors (Lipinski definition) is 4. The molecule has 0 unspecified atom stereocenters. The summed E-state index contributed by atoms with van der Waals surface area (Å²) in [6.07, 6.45) is 3.57. The van der Waals surface area contributed by atoms with Crippen LogP contribution in [0.4, 0.5) is 5.69 Å². The minimum absolute atomic E-state index is 0.312. The Morgan fingerprint density at radius 3 is 1.96 bits per heavy atom. The first kappa shape index (κ1) is 16.0. The van der Waals surface area contributed by atoms with Gasteiger partial charge in [0.1, 0.15) is 5.75 Å². The van der Waals surface area contributed by atoms with E-state index in [0.29, 0.717) is 18.8 Å². The summed E-state index contributed by atoms with van der Waals surface area (Å²) in [5, 5.41) is 10.6. The molecule has 0 spiro atoms. The number of pyridine rings is 2. The van der Waals surface area contributed by atoms with Crippen LogP contribution < -0.4 is 4.90 Å². The summed E-state index contributed by atoms with van der Waals surface area (Å²) in [4.78, 5) is 10.9. The van der Waals surface area contributed by atoms with Crippen LogP contribution in [0.25, 0.3) is 0 Å². The standard InChI is InChI=1S/C20H21N3O/c1-15-11-16(2)20(24)19(12-15)23(13-17-7-3-5-9-21-17)14-18-8-4-6-10-22-18/h3-12,24H,13-14H2,1-2H3. The molecule has 0 bridgehead atoms. The number of phenols is 1. The first-order valence-corrected chi connectivity index (χ1v) is 7.98. The third-order valence-electron chi connectivity index (χ3n) is 3.92. The topological polar surface area (TPSA) is 49.2 Å². The highest BCUT2D eigenvalue weighted by molar-refractivity contribution is 5.62. The molecule has 0 fully saturated rings. The Kier molecular flexibility index (Phi) is 4.75. The number of hydrogen-bond donors (Lipinski definition) is 1. The molecule has 0 aliphatic heterocycles. The van der Waals surface area contributed by atoms with Gasteiger partial charge in [0.2, 0.25) is 0 Å². The molecule has 1 aromatic carbocycles. The molecule has 0 saturated heterocycles. The highest BCUT2D eigenvalue weighted by atomic mass is 16.3. The lowest BCUT2D eigenvalue weighted by molar-refractivity contribution is 0.468. The maximum atomic E-state index is 10.6. The Balaban J connectivity index is 1.98. The van der Waals surface area contributed by atoms with Gasteiger partial charge in [0.25, 0.3) is 0 Å². The van der Waals surface area contributed by atoms with Gasteiger partial charge in [-0.25, -0.2) is 0 Å². The zero-order chi connectivity index (χ0) is 16.9. The normalized spacial score (nSPS) is 10.6. The molecule has 2 aromatic heterocycles. The second kappa shape index (κ2) is 7.13. The summed E-state index contributed by atoms with van der Waals surface area (Å²) >= 11 is 0. The van der Waals surface area contributed by atoms with Crippen LogP contribution in [0.5, 0.6) is 5.75 Å². The van der Waals surface area contributed by atoms with Crippen molar-refractivity contribution in [1.82, 2.24) is 9.97 Å². The van der Waals surface area contributed by atoms with Crippen molar-refractivity contribution in [1.29, 1.82) is 0 Å². The van der Waals surface area contributed by atoms with E-state index in [1.807, 2.05) is 62.4 Å². The maximum absolute atomic E-state index is 10.6. The van der Waals surface area contributed by atoms with Crippen LogP contribution in [0.2, 0.25) is 0 Å². The van der Waals surface area contributed by atoms with Gasteiger partial charge in [-0.2, -0.15) is 0 Å². The summed E-state index contributed by atoms with van der Waals surface area (Å²) in [6, 6.07) is 15.7. The summed E-state index contributed by atoms with van der Waals surface area (Å²) in [5.41, 5.74) is 4.70. The van der Waals surface area contributed by atoms with Crippen molar-refractivity contribution in [3.05, 3.63) is 83.4 Å². The minimum atomic E-state index is 0.312. The molecule has 4 heteroatoms. The molecule has 0 amide bonds. The van der Waals surface area contributed by atoms with E-state index in [0.717, 1.165) is 28.2 Å². The molecule has 2 heterocycles. The zero-order valence-corrected chi connectivity index (χ0v) is 14.0. The number of benzene rings is 1. The van der Waals surface area contributed by atoms with Gasteiger partial charge < -0.3 is 10.0 Å². The SMILES string of the molecule is Cc1cc(C)c(O)c(N(Cc2ccccn2)Cc2ccccn2)c1. The van der Waals surface area contributed by atoms with Crippen molar-refractivity contribution in [2.75, 3.05) is 4.90 Å². The molecule has 3 aromatic rings. The number of nitrogens with zero attached hydrogens (tertiary/aromatic N) is 3. The van der Waals surface area contributed by atoms with E-state index >= 15 is 0 Å². The van der Waals surface area contributed by atoms with Crippen molar-refractivity contribution in [2.24, 2.45) is 0 Å². The fourth-order valence-corrected chi connectivity index (χ4v) is 2.78. The number of anilines is 1. The smallest absolute Gasteiger partial charge is 0.141 e. The van der Waals surface area contributed by atoms with Crippen LogP contribution in [-0.4, -0.2) is 15.1 Å². The average Bonchev–Trinajstić information content (AvgIpc) is 2.59. The lowest BCUT2D eigenvalue weighted by atomic mass is 10.1. The molecule has 0 radical (unpaired) electrons. The maximum Gasteiger partial charge on any atom is 0.141 e. The molecule has 0 saturated carbocycles. The average molecular weight is 319 g/mol. The van der Waals surface area contributed by atoms with E-state index < -0.39 is 0 Å². The van der Waals surface area contributed by atoms with Crippen molar-refractivity contribution >= 4 is 5.69 Å². The van der Waals surface area contributed by atoms with Gasteiger partial charge in [-0.05, 0) is 55.3 Å². The fraction of sp³-hybridized carbons (Fsp3) is 0.200. The van der Waals surface area contributed by atoms with Gasteiger partial charge >= 0.3 is 0 Å². The zero-order valence-electron chi connectivity index (χ0n) is 14.0. The Morgan fingerprint density at radius 2 is 1.46 bits per heavy atom. The first-order chi connectivity index (χ1) is 11.6. The molecule has 24 heavy (non-hydrogen) atoms. The number of aryl methyl sites for hydroxylation is 2. The van der Waals surface area contributed by atoms with Crippen LogP contribution in [0, 0.1) is 13.8 Å². The quantitative estimate of drug-likeness (QED) is 0.772. The van der Waals surface area contributed by atoms with E-state index in [1.165, 1.54) is 0 Å². The van der Waals surface area contributed by atoms with Crippen LogP contribution in [0.3, 0.4) is 0 Å². The fourth-order valence-electron chi connectivity index (χ4n) is 2.78. The lowest BCUT2D eigenvalue weighted by Gasteiger charge is -2.26. The van der Waals surface area contributed by atoms with Crippen LogP contribution >= 0.6 is 0 Å². The van der Waals surface area contributed by atoms with Gasteiger partial charge in [-0.15, -0.1) is 0 Å². The monoisotopic (exact) mass is 319 g/mol. The van der Waals surface area contributed by atoms with Gasteiger partial charge in [0, 0.05) is 12.4 Å². The second-order valence-electron chi connectivity index (χ2n) is 5.95. The number of aromatic nitrogens is 2. The Bertz CT molecular complexity index is 762. The summed E-state index contributed by atoms with van der Waals surface area (Å²) in [6.45, 7) is 5.17. The van der Waals surface area contributed by atoms with Gasteiger partial charge in [-0.1, -0.05) is 18.2 Å². The third-order valence-corrected chi connectivity index (χ3v) is 3.92. The van der Waals surface area contributed by atoms with Gasteiger partial charge in [0.15, 0.2) is 0 Å². The second-order valence-corrected chi connectivity index (χ2v) is 5.95. The molecule has 0 aliphatic carbocycles. The molecule has 0 atom stereocenters. The van der Waals surface area contributed by atoms with E-state index in [2.05, 4.69) is 14.9 Å². The van der Waals surface area contributed by atoms with Crippen LogP contribution in [0.15, 0.2) is 60.9 Å². The summed E-state index contributed by atoms with van der Waals surface area (Å²) in [7, 11) is 0. The highest BCUT2D eigenvalue weighted by Gasteiger charge is 2.15. The number of aromatic hydroxyl groups is 1. The van der Waals surface area contributed by atoms with Gasteiger partial charge in [0.05, 0.1) is 30.2 Å². The highest BCUT2D eigenvalue weighted by Crippen LogP contribution is 2.33. The Labute approximate surface area is 142 Å². The van der Waals surface area contributed by atoms with Crippen molar-refractivity contribution in [3.8, 4) is 5.75 Å². The molecule has 1 N–H and O–H groups in total. The molecular weight excluding hydrogens is 298 g/mol. The van der Waals surface area contributed by atoms with Crippen molar-refractivity contribution in [2.45, 2.75) is 26.9 Å². The predicted octanol–water partition coefficient (Wildman–Crippen LogP) is 4.01. The first-order valence-electron chi connectivity index (χ1n) is 7.98. The predicted molar refractivity (Wildman–Crippen MR) is 95.9 cm³/mol. The Morgan fingerprint density at radius 1 is 0.875 bits per heavy atom. The largest absolute Gasteiger partial charge is 0.505 e. The summed E-state index contributed by atoms with van der Waals surface area (Å²) in [5.74, 6) is 0.312. The Hall–Kier alpha value is -2.88. The van der Waals surface area contributed by atoms with E-state index in [4.69, 9.17) is 0 Å². The van der Waals surface area contributed by atoms with Gasteiger partial charge in [-0.3, -0.25) is 9.97 Å². The van der Waals surface area contributed by atoms with Crippen LogP contribution in [-0.2, 0) is 13.1 Å². The van der Waals surface area contributed by atoms with Crippen LogP contribution in [0.1, 0.15) is 22.5 Å².